The molecule has 1 fully saturated rings. The monoisotopic (exact) mass is 363 g/mol. The number of rotatable bonds is 7. The smallest absolute Gasteiger partial charge is 0.257 e. The minimum atomic E-state index is -0.270. The lowest BCUT2D eigenvalue weighted by Gasteiger charge is -2.16. The summed E-state index contributed by atoms with van der Waals surface area (Å²) in [6.45, 7) is 4.44. The summed E-state index contributed by atoms with van der Waals surface area (Å²) in [6.07, 6.45) is 4.11. The average Bonchev–Trinajstić information content (AvgIpc) is 3.35. The lowest BCUT2D eigenvalue weighted by Crippen LogP contribution is -2.18. The third kappa shape index (κ3) is 3.74. The van der Waals surface area contributed by atoms with Crippen LogP contribution in [0.3, 0.4) is 0 Å². The van der Waals surface area contributed by atoms with Crippen molar-refractivity contribution in [3.63, 3.8) is 0 Å². The first-order valence-corrected chi connectivity index (χ1v) is 8.78. The molecule has 1 aliphatic carbocycles. The number of hydrogen-bond acceptors (Lipinski definition) is 4. The van der Waals surface area contributed by atoms with Crippen LogP contribution in [-0.2, 0) is 0 Å². The van der Waals surface area contributed by atoms with Crippen molar-refractivity contribution in [2.24, 2.45) is 5.92 Å². The molecule has 0 aliphatic heterocycles. The fraction of sp³-hybridized carbons (Fsp3) is 0.444. The number of carbonyl (C=O) groups is 1. The zero-order valence-corrected chi connectivity index (χ0v) is 15.3. The average molecular weight is 364 g/mol. The largest absolute Gasteiger partial charge is 0.493 e. The van der Waals surface area contributed by atoms with E-state index in [-0.39, 0.29) is 11.9 Å². The predicted octanol–water partition coefficient (Wildman–Crippen LogP) is 4.17. The van der Waals surface area contributed by atoms with Crippen LogP contribution >= 0.6 is 11.6 Å². The van der Waals surface area contributed by atoms with Gasteiger partial charge in [-0.3, -0.25) is 4.79 Å². The molecule has 1 atom stereocenters. The number of ether oxygens (including phenoxy) is 2. The lowest BCUT2D eigenvalue weighted by molar-refractivity contribution is 0.102. The highest BCUT2D eigenvalue weighted by molar-refractivity contribution is 6.32. The quantitative estimate of drug-likeness (QED) is 0.801. The van der Waals surface area contributed by atoms with Crippen molar-refractivity contribution in [3.05, 3.63) is 35.0 Å². The number of methoxy groups -OCH3 is 1. The van der Waals surface area contributed by atoms with E-state index in [1.165, 1.54) is 20.0 Å². The Bertz CT molecular complexity index is 771. The fourth-order valence-electron chi connectivity index (χ4n) is 2.84. The van der Waals surface area contributed by atoms with Crippen molar-refractivity contribution in [2.45, 2.75) is 32.7 Å². The molecule has 1 aromatic carbocycles. The maximum Gasteiger partial charge on any atom is 0.257 e. The Balaban J connectivity index is 1.82. The van der Waals surface area contributed by atoms with Gasteiger partial charge in [0.1, 0.15) is 5.82 Å². The molecule has 134 valence electrons. The third-order valence-corrected chi connectivity index (χ3v) is 4.66. The number of aromatic nitrogens is 2. The standard InChI is InChI=1S/C18H22ClN3O3/c1-4-25-17-14(19)9-13(10-15(17)24-3)18(23)21-16-7-8-20-22(16)11(2)12-5-6-12/h7-12H,4-6H2,1-3H3,(H,21,23). The van der Waals surface area contributed by atoms with Crippen LogP contribution in [0.25, 0.3) is 0 Å². The first-order valence-electron chi connectivity index (χ1n) is 8.40. The number of halogens is 1. The van der Waals surface area contributed by atoms with Gasteiger partial charge in [0, 0.05) is 11.6 Å². The Morgan fingerprint density at radius 2 is 2.24 bits per heavy atom. The van der Waals surface area contributed by atoms with Gasteiger partial charge in [-0.15, -0.1) is 0 Å². The summed E-state index contributed by atoms with van der Waals surface area (Å²) in [7, 11) is 1.52. The summed E-state index contributed by atoms with van der Waals surface area (Å²) in [5.41, 5.74) is 0.400. The Morgan fingerprint density at radius 1 is 1.48 bits per heavy atom. The van der Waals surface area contributed by atoms with Crippen LogP contribution < -0.4 is 14.8 Å². The normalized spacial score (nSPS) is 14.9. The van der Waals surface area contributed by atoms with Gasteiger partial charge in [-0.1, -0.05) is 11.6 Å². The topological polar surface area (TPSA) is 65.4 Å². The van der Waals surface area contributed by atoms with E-state index in [0.29, 0.717) is 40.4 Å². The van der Waals surface area contributed by atoms with Crippen molar-refractivity contribution in [1.29, 1.82) is 0 Å². The molecule has 1 aliphatic rings. The highest BCUT2D eigenvalue weighted by atomic mass is 35.5. The summed E-state index contributed by atoms with van der Waals surface area (Å²) >= 11 is 6.25. The second-order valence-corrected chi connectivity index (χ2v) is 6.52. The molecule has 1 N–H and O–H groups in total. The van der Waals surface area contributed by atoms with Crippen molar-refractivity contribution in [3.8, 4) is 11.5 Å². The van der Waals surface area contributed by atoms with Crippen LogP contribution in [-0.4, -0.2) is 29.4 Å². The second-order valence-electron chi connectivity index (χ2n) is 6.12. The van der Waals surface area contributed by atoms with Gasteiger partial charge < -0.3 is 14.8 Å². The summed E-state index contributed by atoms with van der Waals surface area (Å²) < 4.78 is 12.6. The van der Waals surface area contributed by atoms with Gasteiger partial charge in [-0.25, -0.2) is 4.68 Å². The van der Waals surface area contributed by atoms with Gasteiger partial charge in [0.15, 0.2) is 11.5 Å². The van der Waals surface area contributed by atoms with Gasteiger partial charge in [0.25, 0.3) is 5.91 Å². The van der Waals surface area contributed by atoms with E-state index in [1.54, 1.807) is 24.4 Å². The molecule has 1 unspecified atom stereocenters. The summed E-state index contributed by atoms with van der Waals surface area (Å²) in [5.74, 6) is 1.91. The van der Waals surface area contributed by atoms with Crippen LogP contribution in [0, 0.1) is 5.92 Å². The molecular formula is C18H22ClN3O3. The lowest BCUT2D eigenvalue weighted by atomic mass is 10.2. The van der Waals surface area contributed by atoms with E-state index in [1.807, 2.05) is 11.6 Å². The van der Waals surface area contributed by atoms with E-state index in [9.17, 15) is 4.79 Å². The number of nitrogens with one attached hydrogen (secondary N) is 1. The van der Waals surface area contributed by atoms with Gasteiger partial charge >= 0.3 is 0 Å². The summed E-state index contributed by atoms with van der Waals surface area (Å²) in [6, 6.07) is 5.26. The molecule has 25 heavy (non-hydrogen) atoms. The van der Waals surface area contributed by atoms with Gasteiger partial charge in [0.05, 0.1) is 31.0 Å². The molecule has 3 rings (SSSR count). The number of amides is 1. The Hall–Kier alpha value is -2.21. The van der Waals surface area contributed by atoms with Gasteiger partial charge in [-0.2, -0.15) is 5.10 Å². The zero-order valence-electron chi connectivity index (χ0n) is 14.6. The van der Waals surface area contributed by atoms with Crippen molar-refractivity contribution in [2.75, 3.05) is 19.0 Å². The molecule has 0 saturated heterocycles. The first-order chi connectivity index (χ1) is 12.0. The zero-order chi connectivity index (χ0) is 18.0. The van der Waals surface area contributed by atoms with Crippen molar-refractivity contribution in [1.82, 2.24) is 9.78 Å². The Labute approximate surface area is 152 Å². The first kappa shape index (κ1) is 17.6. The molecule has 1 heterocycles. The van der Waals surface area contributed by atoms with E-state index >= 15 is 0 Å². The Morgan fingerprint density at radius 3 is 2.88 bits per heavy atom. The second kappa shape index (κ2) is 7.35. The van der Waals surface area contributed by atoms with Crippen LogP contribution in [0.5, 0.6) is 11.5 Å². The van der Waals surface area contributed by atoms with Crippen molar-refractivity contribution < 1.29 is 14.3 Å². The third-order valence-electron chi connectivity index (χ3n) is 4.38. The summed E-state index contributed by atoms with van der Waals surface area (Å²) in [5, 5.41) is 7.59. The van der Waals surface area contributed by atoms with E-state index < -0.39 is 0 Å². The van der Waals surface area contributed by atoms with Gasteiger partial charge in [-0.05, 0) is 44.7 Å². The Kier molecular flexibility index (Phi) is 5.18. The molecule has 0 radical (unpaired) electrons. The van der Waals surface area contributed by atoms with E-state index in [2.05, 4.69) is 17.3 Å². The maximum atomic E-state index is 12.7. The molecule has 6 nitrogen and oxygen atoms in total. The van der Waals surface area contributed by atoms with E-state index in [4.69, 9.17) is 21.1 Å². The van der Waals surface area contributed by atoms with Crippen LogP contribution in [0.2, 0.25) is 5.02 Å². The van der Waals surface area contributed by atoms with Crippen LogP contribution in [0.4, 0.5) is 5.82 Å². The number of anilines is 1. The van der Waals surface area contributed by atoms with E-state index in [0.717, 1.165) is 0 Å². The maximum absolute atomic E-state index is 12.7. The fourth-order valence-corrected chi connectivity index (χ4v) is 3.11. The van der Waals surface area contributed by atoms with Crippen molar-refractivity contribution >= 4 is 23.3 Å². The highest BCUT2D eigenvalue weighted by Gasteiger charge is 2.31. The molecular weight excluding hydrogens is 342 g/mol. The number of hydrogen-bond donors (Lipinski definition) is 1. The van der Waals surface area contributed by atoms with Crippen LogP contribution in [0.15, 0.2) is 24.4 Å². The number of nitrogens with zero attached hydrogens (tertiary/aromatic N) is 2. The number of benzene rings is 1. The number of carbonyl (C=O) groups excluding carboxylic acids is 1. The molecule has 0 bridgehead atoms. The molecule has 0 spiro atoms. The SMILES string of the molecule is CCOc1c(Cl)cc(C(=O)Nc2ccnn2C(C)C2CC2)cc1OC. The minimum Gasteiger partial charge on any atom is -0.493 e. The molecule has 1 amide bonds. The van der Waals surface area contributed by atoms with Crippen LogP contribution in [0.1, 0.15) is 43.1 Å². The molecule has 1 aromatic heterocycles. The molecule has 1 saturated carbocycles. The minimum absolute atomic E-state index is 0.267. The highest BCUT2D eigenvalue weighted by Crippen LogP contribution is 2.40. The predicted molar refractivity (Wildman–Crippen MR) is 96.8 cm³/mol. The van der Waals surface area contributed by atoms with Gasteiger partial charge in [0.2, 0.25) is 0 Å². The summed E-state index contributed by atoms with van der Waals surface area (Å²) in [4.78, 5) is 12.7. The molecule has 7 heteroatoms. The molecule has 2 aromatic rings.